The fourth-order valence-electron chi connectivity index (χ4n) is 6.18. The summed E-state index contributed by atoms with van der Waals surface area (Å²) in [5, 5.41) is 0.132. The summed E-state index contributed by atoms with van der Waals surface area (Å²) < 4.78 is 17.3. The van der Waals surface area contributed by atoms with E-state index in [1.54, 1.807) is 6.92 Å². The molecule has 3 aliphatic heterocycles. The lowest BCUT2D eigenvalue weighted by Crippen LogP contribution is -2.39. The lowest BCUT2D eigenvalue weighted by molar-refractivity contribution is -0.201. The van der Waals surface area contributed by atoms with Gasteiger partial charge in [-0.15, -0.1) is 16.8 Å². The van der Waals surface area contributed by atoms with Crippen molar-refractivity contribution in [2.45, 2.75) is 136 Å². The van der Waals surface area contributed by atoms with Crippen molar-refractivity contribution in [1.82, 2.24) is 9.96 Å². The van der Waals surface area contributed by atoms with Crippen LogP contribution in [0.4, 0.5) is 0 Å². The SMILES string of the molecule is CC.CC(C)[C@@H](C)[C@@H]1O[C@@]1(C)[C@H](C)OC(=O)[C@@H](C)OCCCSC1CC(=O)N(CC2CCC(C(=O)ON3C(=O)CCC3=O)CC2)C1=O. The largest absolute Gasteiger partial charge is 0.458 e. The number of nitrogens with zero attached hydrogens (tertiary/aromatic N) is 2. The highest BCUT2D eigenvalue weighted by atomic mass is 32.2. The molecule has 0 N–H and O–H groups in total. The second kappa shape index (κ2) is 17.2. The first-order valence-electron chi connectivity index (χ1n) is 17.3. The Balaban J connectivity index is 0.00000294. The summed E-state index contributed by atoms with van der Waals surface area (Å²) in [7, 11) is 0. The van der Waals surface area contributed by atoms with Gasteiger partial charge in [-0.1, -0.05) is 34.6 Å². The van der Waals surface area contributed by atoms with Crippen LogP contribution >= 0.6 is 11.8 Å². The molecule has 1 saturated carbocycles. The fraction of sp³-hybridized carbons (Fsp3) is 0.824. The summed E-state index contributed by atoms with van der Waals surface area (Å²) in [5.41, 5.74) is -0.485. The lowest BCUT2D eigenvalue weighted by atomic mass is 9.82. The molecule has 3 saturated heterocycles. The minimum absolute atomic E-state index is 0.0492. The Labute approximate surface area is 283 Å². The van der Waals surface area contributed by atoms with Gasteiger partial charge < -0.3 is 19.0 Å². The molecule has 1 unspecified atom stereocenters. The van der Waals surface area contributed by atoms with Crippen LogP contribution in [0.1, 0.15) is 107 Å². The summed E-state index contributed by atoms with van der Waals surface area (Å²) in [6.45, 7) is 16.6. The molecule has 4 aliphatic rings. The third-order valence-electron chi connectivity index (χ3n) is 9.84. The quantitative estimate of drug-likeness (QED) is 0.104. The standard InChI is InChI=1S/C32H48N2O10S.C2H6/c1-18(2)19(3)28-32(6,43-28)21(5)42-30(39)20(4)41-14-7-15-45-24-16-27(37)33(29(24)38)17-22-8-10-23(11-9-22)31(40)44-34-25(35)12-13-26(34)36;1-2/h18-24,28H,7-17H2,1-6H3;1-2H3/t19-,20-,21+,22?,23?,24?,28+,32+;/m1./s1. The van der Waals surface area contributed by atoms with Crippen molar-refractivity contribution in [3.63, 3.8) is 0 Å². The van der Waals surface area contributed by atoms with E-state index < -0.39 is 52.7 Å². The first-order chi connectivity index (χ1) is 22.2. The van der Waals surface area contributed by atoms with Crippen LogP contribution in [-0.2, 0) is 47.8 Å². The lowest BCUT2D eigenvalue weighted by Gasteiger charge is -2.30. The number of hydrogen-bond donors (Lipinski definition) is 0. The highest BCUT2D eigenvalue weighted by Gasteiger charge is 2.60. The van der Waals surface area contributed by atoms with E-state index >= 15 is 0 Å². The number of epoxide rings is 1. The monoisotopic (exact) mass is 682 g/mol. The van der Waals surface area contributed by atoms with Gasteiger partial charge >= 0.3 is 11.9 Å². The maximum atomic E-state index is 13.0. The van der Waals surface area contributed by atoms with Crippen molar-refractivity contribution in [1.29, 1.82) is 0 Å². The van der Waals surface area contributed by atoms with Gasteiger partial charge in [0.25, 0.3) is 11.8 Å². The Hall–Kier alpha value is -2.51. The van der Waals surface area contributed by atoms with Crippen LogP contribution in [0.15, 0.2) is 0 Å². The number of ether oxygens (including phenoxy) is 3. The topological polar surface area (TPSA) is 149 Å². The molecule has 12 nitrogen and oxygen atoms in total. The molecule has 0 aromatic heterocycles. The van der Waals surface area contributed by atoms with Crippen LogP contribution in [0.2, 0.25) is 0 Å². The molecule has 13 heteroatoms. The molecule has 0 aromatic carbocycles. The Kier molecular flexibility index (Phi) is 14.3. The number of imide groups is 2. The molecule has 1 aliphatic carbocycles. The Morgan fingerprint density at radius 2 is 1.57 bits per heavy atom. The molecular formula is C34H54N2O10S. The predicted molar refractivity (Wildman–Crippen MR) is 174 cm³/mol. The molecule has 6 atom stereocenters. The average Bonchev–Trinajstić information content (AvgIpc) is 3.56. The maximum Gasteiger partial charge on any atom is 0.336 e. The van der Waals surface area contributed by atoms with E-state index in [4.69, 9.17) is 19.0 Å². The van der Waals surface area contributed by atoms with Crippen LogP contribution in [0, 0.1) is 23.7 Å². The zero-order valence-electron chi connectivity index (χ0n) is 29.3. The van der Waals surface area contributed by atoms with Crippen molar-refractivity contribution in [3.8, 4) is 0 Å². The first kappa shape index (κ1) is 38.9. The second-order valence-corrected chi connectivity index (χ2v) is 14.7. The zero-order valence-corrected chi connectivity index (χ0v) is 30.1. The van der Waals surface area contributed by atoms with E-state index in [9.17, 15) is 28.8 Å². The highest BCUT2D eigenvalue weighted by molar-refractivity contribution is 8.00. The number of carbonyl (C=O) groups is 6. The summed E-state index contributed by atoms with van der Waals surface area (Å²) in [5.74, 6) is -1.32. The normalized spacial score (nSPS) is 29.4. The van der Waals surface area contributed by atoms with Gasteiger partial charge in [-0.3, -0.25) is 24.1 Å². The molecule has 4 rings (SSSR count). The Morgan fingerprint density at radius 1 is 0.957 bits per heavy atom. The van der Waals surface area contributed by atoms with Crippen molar-refractivity contribution in [3.05, 3.63) is 0 Å². The fourth-order valence-corrected chi connectivity index (χ4v) is 7.28. The number of esters is 1. The van der Waals surface area contributed by atoms with Gasteiger partial charge in [0, 0.05) is 32.4 Å². The number of hydrogen-bond acceptors (Lipinski definition) is 11. The van der Waals surface area contributed by atoms with Crippen LogP contribution < -0.4 is 0 Å². The number of thioether (sulfide) groups is 1. The smallest absolute Gasteiger partial charge is 0.336 e. The van der Waals surface area contributed by atoms with Gasteiger partial charge in [0.15, 0.2) is 6.10 Å². The molecule has 0 radical (unpaired) electrons. The number of carbonyl (C=O) groups excluding carboxylic acids is 6. The molecule has 266 valence electrons. The van der Waals surface area contributed by atoms with E-state index in [0.717, 1.165) is 0 Å². The first-order valence-corrected chi connectivity index (χ1v) is 18.3. The molecule has 0 bridgehead atoms. The summed E-state index contributed by atoms with van der Waals surface area (Å²) in [4.78, 5) is 80.6. The van der Waals surface area contributed by atoms with E-state index in [2.05, 4.69) is 20.8 Å². The molecular weight excluding hydrogens is 628 g/mol. The van der Waals surface area contributed by atoms with Gasteiger partial charge in [-0.05, 0) is 76.4 Å². The van der Waals surface area contributed by atoms with E-state index in [1.165, 1.54) is 16.7 Å². The van der Waals surface area contributed by atoms with Crippen molar-refractivity contribution in [2.75, 3.05) is 18.9 Å². The molecule has 47 heavy (non-hydrogen) atoms. The average molecular weight is 683 g/mol. The predicted octanol–water partition coefficient (Wildman–Crippen LogP) is 4.46. The third kappa shape index (κ3) is 9.78. The van der Waals surface area contributed by atoms with Crippen LogP contribution in [-0.4, -0.2) is 93.6 Å². The Morgan fingerprint density at radius 3 is 2.17 bits per heavy atom. The summed E-state index contributed by atoms with van der Waals surface area (Å²) >= 11 is 1.42. The number of likely N-dealkylation sites (tertiary alicyclic amines) is 1. The van der Waals surface area contributed by atoms with Crippen LogP contribution in [0.25, 0.3) is 0 Å². The summed E-state index contributed by atoms with van der Waals surface area (Å²) in [6.07, 6.45) is 2.08. The third-order valence-corrected chi connectivity index (χ3v) is 11.1. The van der Waals surface area contributed by atoms with Gasteiger partial charge in [0.2, 0.25) is 11.8 Å². The van der Waals surface area contributed by atoms with Gasteiger partial charge in [0.05, 0.1) is 17.3 Å². The maximum absolute atomic E-state index is 13.0. The van der Waals surface area contributed by atoms with Gasteiger partial charge in [-0.25, -0.2) is 9.59 Å². The van der Waals surface area contributed by atoms with Gasteiger partial charge in [-0.2, -0.15) is 0 Å². The number of amides is 4. The molecule has 4 amide bonds. The molecule has 0 aromatic rings. The van der Waals surface area contributed by atoms with Crippen molar-refractivity contribution < 1.29 is 47.8 Å². The number of hydroxylamine groups is 2. The minimum atomic E-state index is -0.729. The molecule has 0 spiro atoms. The Bertz CT molecular complexity index is 1140. The van der Waals surface area contributed by atoms with E-state index in [0.29, 0.717) is 67.9 Å². The van der Waals surface area contributed by atoms with Crippen LogP contribution in [0.5, 0.6) is 0 Å². The van der Waals surface area contributed by atoms with E-state index in [1.807, 2.05) is 27.7 Å². The minimum Gasteiger partial charge on any atom is -0.458 e. The van der Waals surface area contributed by atoms with Gasteiger partial charge in [0.1, 0.15) is 11.7 Å². The zero-order chi connectivity index (χ0) is 35.1. The van der Waals surface area contributed by atoms with E-state index in [-0.39, 0.29) is 43.1 Å². The summed E-state index contributed by atoms with van der Waals surface area (Å²) in [6, 6.07) is 0. The molecule has 4 fully saturated rings. The highest BCUT2D eigenvalue weighted by Crippen LogP contribution is 2.47. The van der Waals surface area contributed by atoms with Crippen molar-refractivity contribution >= 4 is 47.3 Å². The van der Waals surface area contributed by atoms with Crippen LogP contribution in [0.3, 0.4) is 0 Å². The number of rotatable bonds is 15. The second-order valence-electron chi connectivity index (χ2n) is 13.4. The van der Waals surface area contributed by atoms with Crippen molar-refractivity contribution in [2.24, 2.45) is 23.7 Å². The molecule has 3 heterocycles.